The number of carbonyl (C=O) groups excluding carboxylic acids is 2. The molecule has 174 valence electrons. The van der Waals surface area contributed by atoms with E-state index in [1.807, 2.05) is 63.5 Å². The molecule has 3 aromatic rings. The maximum absolute atomic E-state index is 13.1. The normalized spacial score (nSPS) is 13.9. The van der Waals surface area contributed by atoms with E-state index in [1.165, 1.54) is 5.56 Å². The van der Waals surface area contributed by atoms with E-state index in [0.29, 0.717) is 34.6 Å². The lowest BCUT2D eigenvalue weighted by Crippen LogP contribution is -2.23. The summed E-state index contributed by atoms with van der Waals surface area (Å²) < 4.78 is 0. The average Bonchev–Trinajstić information content (AvgIpc) is 3.17. The summed E-state index contributed by atoms with van der Waals surface area (Å²) in [6.45, 7) is 3.47. The quantitative estimate of drug-likeness (QED) is 0.427. The summed E-state index contributed by atoms with van der Waals surface area (Å²) in [6, 6.07) is 23.3. The fourth-order valence-corrected chi connectivity index (χ4v) is 3.98. The first-order valence-corrected chi connectivity index (χ1v) is 11.5. The second-order valence-electron chi connectivity index (χ2n) is 8.65. The van der Waals surface area contributed by atoms with Crippen LogP contribution in [-0.2, 0) is 11.3 Å². The van der Waals surface area contributed by atoms with E-state index in [9.17, 15) is 9.59 Å². The van der Waals surface area contributed by atoms with Crippen molar-refractivity contribution in [1.29, 1.82) is 0 Å². The van der Waals surface area contributed by atoms with Crippen LogP contribution >= 0.6 is 0 Å². The summed E-state index contributed by atoms with van der Waals surface area (Å²) in [5.41, 5.74) is 6.13. The van der Waals surface area contributed by atoms with Gasteiger partial charge in [0.05, 0.1) is 11.3 Å². The summed E-state index contributed by atoms with van der Waals surface area (Å²) in [5, 5.41) is 9.33. The lowest BCUT2D eigenvalue weighted by molar-refractivity contribution is -0.110. The molecule has 1 heterocycles. The van der Waals surface area contributed by atoms with Crippen molar-refractivity contribution in [2.45, 2.75) is 19.9 Å². The molecule has 6 nitrogen and oxygen atoms in total. The molecule has 3 N–H and O–H groups in total. The topological polar surface area (TPSA) is 73.5 Å². The SMILES string of the molecule is CCCNC(=O)c1ccc2c(c1)/C(=C(/Nc1ccc(CN(C)C)cc1)c1ccccc1)C(=O)N2. The highest BCUT2D eigenvalue weighted by Crippen LogP contribution is 2.38. The van der Waals surface area contributed by atoms with Crippen molar-refractivity contribution in [3.05, 3.63) is 95.1 Å². The predicted octanol–water partition coefficient (Wildman–Crippen LogP) is 4.82. The molecule has 34 heavy (non-hydrogen) atoms. The molecule has 2 amide bonds. The van der Waals surface area contributed by atoms with Crippen molar-refractivity contribution in [2.24, 2.45) is 0 Å². The second kappa shape index (κ2) is 10.4. The third-order valence-electron chi connectivity index (χ3n) is 5.60. The third-order valence-corrected chi connectivity index (χ3v) is 5.60. The fourth-order valence-electron chi connectivity index (χ4n) is 3.98. The maximum Gasteiger partial charge on any atom is 0.258 e. The van der Waals surface area contributed by atoms with Crippen molar-refractivity contribution in [3.63, 3.8) is 0 Å². The Morgan fingerprint density at radius 2 is 1.68 bits per heavy atom. The highest BCUT2D eigenvalue weighted by molar-refractivity contribution is 6.37. The first-order chi connectivity index (χ1) is 16.5. The molecule has 0 aromatic heterocycles. The Morgan fingerprint density at radius 1 is 0.941 bits per heavy atom. The van der Waals surface area contributed by atoms with Gasteiger partial charge in [0.25, 0.3) is 11.8 Å². The number of fused-ring (bicyclic) bond motifs is 1. The van der Waals surface area contributed by atoms with E-state index in [0.717, 1.165) is 24.2 Å². The van der Waals surface area contributed by atoms with Gasteiger partial charge in [-0.1, -0.05) is 49.4 Å². The van der Waals surface area contributed by atoms with Crippen molar-refractivity contribution in [2.75, 3.05) is 31.3 Å². The molecule has 1 aliphatic rings. The zero-order chi connectivity index (χ0) is 24.1. The van der Waals surface area contributed by atoms with Crippen LogP contribution in [0.4, 0.5) is 11.4 Å². The van der Waals surface area contributed by atoms with E-state index in [-0.39, 0.29) is 11.8 Å². The van der Waals surface area contributed by atoms with Crippen molar-refractivity contribution in [3.8, 4) is 0 Å². The number of rotatable bonds is 8. The van der Waals surface area contributed by atoms with Crippen LogP contribution in [0.2, 0.25) is 0 Å². The Bertz CT molecular complexity index is 1210. The summed E-state index contributed by atoms with van der Waals surface area (Å²) in [5.74, 6) is -0.342. The first-order valence-electron chi connectivity index (χ1n) is 11.5. The largest absolute Gasteiger partial charge is 0.354 e. The zero-order valence-electron chi connectivity index (χ0n) is 19.8. The van der Waals surface area contributed by atoms with Crippen LogP contribution in [0.25, 0.3) is 11.3 Å². The minimum absolute atomic E-state index is 0.144. The molecule has 3 aromatic carbocycles. The molecule has 0 bridgehead atoms. The van der Waals surface area contributed by atoms with Gasteiger partial charge >= 0.3 is 0 Å². The van der Waals surface area contributed by atoms with Crippen molar-refractivity contribution < 1.29 is 9.59 Å². The molecule has 0 spiro atoms. The second-order valence-corrected chi connectivity index (χ2v) is 8.65. The Hall–Kier alpha value is -3.90. The summed E-state index contributed by atoms with van der Waals surface area (Å²) in [4.78, 5) is 27.8. The molecular formula is C28H30N4O2. The number of nitrogens with zero attached hydrogens (tertiary/aromatic N) is 1. The van der Waals surface area contributed by atoms with Gasteiger partial charge in [-0.3, -0.25) is 9.59 Å². The highest BCUT2D eigenvalue weighted by Gasteiger charge is 2.29. The van der Waals surface area contributed by atoms with Gasteiger partial charge in [0.15, 0.2) is 0 Å². The van der Waals surface area contributed by atoms with E-state index in [2.05, 4.69) is 33.0 Å². The number of benzene rings is 3. The molecule has 4 rings (SSSR count). The molecule has 0 aliphatic carbocycles. The van der Waals surface area contributed by atoms with Crippen LogP contribution in [0, 0.1) is 0 Å². The molecule has 0 saturated carbocycles. The van der Waals surface area contributed by atoms with Crippen LogP contribution < -0.4 is 16.0 Å². The summed E-state index contributed by atoms with van der Waals surface area (Å²) >= 11 is 0. The van der Waals surface area contributed by atoms with Crippen LogP contribution in [0.5, 0.6) is 0 Å². The molecular weight excluding hydrogens is 424 g/mol. The van der Waals surface area contributed by atoms with Gasteiger partial charge in [-0.15, -0.1) is 0 Å². The monoisotopic (exact) mass is 454 g/mol. The van der Waals surface area contributed by atoms with Gasteiger partial charge in [-0.2, -0.15) is 0 Å². The molecule has 0 radical (unpaired) electrons. The van der Waals surface area contributed by atoms with Crippen molar-refractivity contribution >= 4 is 34.5 Å². The van der Waals surface area contributed by atoms with Crippen molar-refractivity contribution in [1.82, 2.24) is 10.2 Å². The third kappa shape index (κ3) is 5.18. The number of hydrogen-bond donors (Lipinski definition) is 3. The number of anilines is 2. The van der Waals surface area contributed by atoms with Crippen LogP contribution in [0.3, 0.4) is 0 Å². The number of amides is 2. The Morgan fingerprint density at radius 3 is 2.35 bits per heavy atom. The average molecular weight is 455 g/mol. The van der Waals surface area contributed by atoms with Gasteiger partial charge in [-0.25, -0.2) is 0 Å². The van der Waals surface area contributed by atoms with Gasteiger partial charge < -0.3 is 20.9 Å². The predicted molar refractivity (Wildman–Crippen MR) is 138 cm³/mol. The molecule has 0 unspecified atom stereocenters. The van der Waals surface area contributed by atoms with Crippen LogP contribution in [-0.4, -0.2) is 37.4 Å². The number of hydrogen-bond acceptors (Lipinski definition) is 4. The van der Waals surface area contributed by atoms with E-state index < -0.39 is 0 Å². The zero-order valence-corrected chi connectivity index (χ0v) is 19.8. The van der Waals surface area contributed by atoms with Crippen LogP contribution in [0.15, 0.2) is 72.8 Å². The van der Waals surface area contributed by atoms with Crippen LogP contribution in [0.1, 0.15) is 40.4 Å². The standard InChI is InChI=1S/C28H30N4O2/c1-4-16-29-27(33)21-12-15-24-23(17-21)25(28(34)31-24)26(20-8-6-5-7-9-20)30-22-13-10-19(11-14-22)18-32(2)3/h5-15,17,30H,4,16,18H2,1-3H3,(H,29,33)(H,31,34)/b26-25-. The van der Waals surface area contributed by atoms with Gasteiger partial charge in [-0.05, 0) is 62.0 Å². The summed E-state index contributed by atoms with van der Waals surface area (Å²) in [7, 11) is 4.08. The van der Waals surface area contributed by atoms with E-state index >= 15 is 0 Å². The maximum atomic E-state index is 13.1. The van der Waals surface area contributed by atoms with E-state index in [1.54, 1.807) is 18.2 Å². The molecule has 0 atom stereocenters. The minimum Gasteiger partial charge on any atom is -0.354 e. The molecule has 0 saturated heterocycles. The number of carbonyl (C=O) groups is 2. The molecule has 0 fully saturated rings. The lowest BCUT2D eigenvalue weighted by Gasteiger charge is -2.16. The minimum atomic E-state index is -0.198. The highest BCUT2D eigenvalue weighted by atomic mass is 16.2. The Kier molecular flexibility index (Phi) is 7.09. The van der Waals surface area contributed by atoms with E-state index in [4.69, 9.17) is 0 Å². The summed E-state index contributed by atoms with van der Waals surface area (Å²) in [6.07, 6.45) is 0.858. The molecule has 1 aliphatic heterocycles. The van der Waals surface area contributed by atoms with Gasteiger partial charge in [0, 0.05) is 35.6 Å². The van der Waals surface area contributed by atoms with Gasteiger partial charge in [0.2, 0.25) is 0 Å². The smallest absolute Gasteiger partial charge is 0.258 e. The van der Waals surface area contributed by atoms with Gasteiger partial charge in [0.1, 0.15) is 0 Å². The first kappa shape index (κ1) is 23.3. The number of nitrogens with one attached hydrogen (secondary N) is 3. The fraction of sp³-hybridized carbons (Fsp3) is 0.214. The Balaban J connectivity index is 1.77. The lowest BCUT2D eigenvalue weighted by atomic mass is 9.98. The molecule has 6 heteroatoms. The Labute approximate surface area is 200 Å².